The third-order valence-corrected chi connectivity index (χ3v) is 5.02. The van der Waals surface area contributed by atoms with Gasteiger partial charge in [-0.1, -0.05) is 77.6 Å². The van der Waals surface area contributed by atoms with Crippen LogP contribution in [0.1, 0.15) is 83.6 Å². The number of nitrogens with one attached hydrogen (secondary N) is 1. The standard InChI is InChI=1S/C25H32FN.2C2H6/c1-6-10-23(27-17-19(5)25(26)8-3)14-13-20(7-2)24-16-22-12-9-11-21(22)15-18(24)4;2*1-2/h7-8,10,13-16,27H,5-6,9,11-12,17H2,1-4H3;2*1-2H3/b14-13-,20-7+,23-10-,25-8+;;. The van der Waals surface area contributed by atoms with Crippen molar-refractivity contribution in [3.63, 3.8) is 0 Å². The van der Waals surface area contributed by atoms with Crippen molar-refractivity contribution in [2.75, 3.05) is 6.54 Å². The number of benzene rings is 1. The average molecular weight is 426 g/mol. The van der Waals surface area contributed by atoms with Crippen LogP contribution in [0.2, 0.25) is 0 Å². The molecule has 0 radical (unpaired) electrons. The van der Waals surface area contributed by atoms with Gasteiger partial charge in [-0.3, -0.25) is 0 Å². The molecule has 2 heteroatoms. The van der Waals surface area contributed by atoms with E-state index in [-0.39, 0.29) is 5.83 Å². The second kappa shape index (κ2) is 16.4. The highest BCUT2D eigenvalue weighted by Gasteiger charge is 2.14. The molecule has 1 aromatic carbocycles. The molecule has 0 saturated carbocycles. The largest absolute Gasteiger partial charge is 0.381 e. The minimum absolute atomic E-state index is 0.259. The Hall–Kier alpha value is -2.35. The van der Waals surface area contributed by atoms with Crippen LogP contribution in [-0.4, -0.2) is 6.54 Å². The predicted molar refractivity (Wildman–Crippen MR) is 139 cm³/mol. The minimum atomic E-state index is -0.259. The lowest BCUT2D eigenvalue weighted by atomic mass is 9.95. The first-order chi connectivity index (χ1) is 15.0. The molecule has 1 N–H and O–H groups in total. The van der Waals surface area contributed by atoms with Crippen molar-refractivity contribution in [1.82, 2.24) is 5.32 Å². The second-order valence-electron chi connectivity index (χ2n) is 7.03. The average Bonchev–Trinajstić information content (AvgIpc) is 3.26. The van der Waals surface area contributed by atoms with Crippen LogP contribution in [0.4, 0.5) is 4.39 Å². The summed E-state index contributed by atoms with van der Waals surface area (Å²) < 4.78 is 13.6. The maximum Gasteiger partial charge on any atom is 0.123 e. The lowest BCUT2D eigenvalue weighted by Gasteiger charge is -2.12. The Morgan fingerprint density at radius 2 is 1.65 bits per heavy atom. The predicted octanol–water partition coefficient (Wildman–Crippen LogP) is 8.81. The summed E-state index contributed by atoms with van der Waals surface area (Å²) >= 11 is 0. The lowest BCUT2D eigenvalue weighted by Crippen LogP contribution is -2.15. The van der Waals surface area contributed by atoms with Crippen molar-refractivity contribution in [3.05, 3.63) is 88.4 Å². The van der Waals surface area contributed by atoms with Gasteiger partial charge >= 0.3 is 0 Å². The molecule has 2 rings (SSSR count). The summed E-state index contributed by atoms with van der Waals surface area (Å²) in [5, 5.41) is 3.29. The van der Waals surface area contributed by atoms with Gasteiger partial charge in [-0.2, -0.15) is 0 Å². The first-order valence-electron chi connectivity index (χ1n) is 11.9. The molecular weight excluding hydrogens is 381 g/mol. The van der Waals surface area contributed by atoms with Crippen LogP contribution in [0.25, 0.3) is 5.57 Å². The van der Waals surface area contributed by atoms with Crippen LogP contribution in [0, 0.1) is 6.92 Å². The van der Waals surface area contributed by atoms with Crippen molar-refractivity contribution < 1.29 is 4.39 Å². The van der Waals surface area contributed by atoms with Crippen molar-refractivity contribution in [1.29, 1.82) is 0 Å². The van der Waals surface area contributed by atoms with E-state index in [1.165, 1.54) is 53.2 Å². The highest BCUT2D eigenvalue weighted by atomic mass is 19.1. The Kier molecular flexibility index (Phi) is 15.1. The van der Waals surface area contributed by atoms with Crippen molar-refractivity contribution in [2.45, 2.75) is 81.1 Å². The summed E-state index contributed by atoms with van der Waals surface area (Å²) in [6.07, 6.45) is 14.5. The molecule has 1 aliphatic rings. The highest BCUT2D eigenvalue weighted by Crippen LogP contribution is 2.29. The molecule has 0 fully saturated rings. The van der Waals surface area contributed by atoms with E-state index in [9.17, 15) is 4.39 Å². The summed E-state index contributed by atoms with van der Waals surface area (Å²) in [4.78, 5) is 0. The maximum absolute atomic E-state index is 13.6. The molecule has 0 aliphatic heterocycles. The van der Waals surface area contributed by atoms with E-state index in [0.29, 0.717) is 12.1 Å². The molecule has 0 heterocycles. The summed E-state index contributed by atoms with van der Waals surface area (Å²) in [7, 11) is 0. The van der Waals surface area contributed by atoms with Gasteiger partial charge < -0.3 is 5.32 Å². The first kappa shape index (κ1) is 28.6. The zero-order valence-electron chi connectivity index (χ0n) is 21.2. The minimum Gasteiger partial charge on any atom is -0.381 e. The number of hydrogen-bond donors (Lipinski definition) is 1. The topological polar surface area (TPSA) is 12.0 Å². The Morgan fingerprint density at radius 3 is 2.19 bits per heavy atom. The van der Waals surface area contributed by atoms with E-state index in [4.69, 9.17) is 0 Å². The van der Waals surface area contributed by atoms with Crippen molar-refractivity contribution in [3.8, 4) is 0 Å². The Balaban J connectivity index is 0.00000212. The van der Waals surface area contributed by atoms with Crippen molar-refractivity contribution >= 4 is 5.57 Å². The Morgan fingerprint density at radius 1 is 1.03 bits per heavy atom. The number of aryl methyl sites for hydroxylation is 3. The van der Waals surface area contributed by atoms with Crippen molar-refractivity contribution in [2.24, 2.45) is 0 Å². The van der Waals surface area contributed by atoms with Gasteiger partial charge in [-0.15, -0.1) is 0 Å². The van der Waals surface area contributed by atoms with Crippen LogP contribution in [-0.2, 0) is 12.8 Å². The van der Waals surface area contributed by atoms with Crippen LogP contribution in [0.5, 0.6) is 0 Å². The van der Waals surface area contributed by atoms with Gasteiger partial charge in [0.15, 0.2) is 0 Å². The molecule has 1 aliphatic carbocycles. The molecule has 0 saturated heterocycles. The zero-order chi connectivity index (χ0) is 23.8. The fourth-order valence-corrected chi connectivity index (χ4v) is 3.50. The maximum atomic E-state index is 13.6. The third-order valence-electron chi connectivity index (χ3n) is 5.02. The molecule has 31 heavy (non-hydrogen) atoms. The van der Waals surface area contributed by atoms with Gasteiger partial charge in [0, 0.05) is 12.2 Å². The molecule has 172 valence electrons. The fourth-order valence-electron chi connectivity index (χ4n) is 3.50. The smallest absolute Gasteiger partial charge is 0.123 e. The number of fused-ring (bicyclic) bond motifs is 1. The van der Waals surface area contributed by atoms with Gasteiger partial charge in [0.1, 0.15) is 5.83 Å². The van der Waals surface area contributed by atoms with Crippen LogP contribution < -0.4 is 5.32 Å². The zero-order valence-corrected chi connectivity index (χ0v) is 21.2. The quantitative estimate of drug-likeness (QED) is 0.410. The summed E-state index contributed by atoms with van der Waals surface area (Å²) in [5.74, 6) is -0.259. The van der Waals surface area contributed by atoms with Crippen LogP contribution in [0.3, 0.4) is 0 Å². The molecule has 0 unspecified atom stereocenters. The van der Waals surface area contributed by atoms with Gasteiger partial charge in [0.25, 0.3) is 0 Å². The second-order valence-corrected chi connectivity index (χ2v) is 7.03. The highest BCUT2D eigenvalue weighted by molar-refractivity contribution is 5.77. The third kappa shape index (κ3) is 9.12. The molecule has 0 aromatic heterocycles. The summed E-state index contributed by atoms with van der Waals surface area (Å²) in [6, 6.07) is 4.71. The number of halogens is 1. The summed E-state index contributed by atoms with van der Waals surface area (Å²) in [6.45, 7) is 20.2. The summed E-state index contributed by atoms with van der Waals surface area (Å²) in [5.41, 5.74) is 8.29. The van der Waals surface area contributed by atoms with E-state index >= 15 is 0 Å². The van der Waals surface area contributed by atoms with Gasteiger partial charge in [-0.05, 0) is 85.9 Å². The van der Waals surface area contributed by atoms with E-state index in [2.05, 4.69) is 69.1 Å². The van der Waals surface area contributed by atoms with E-state index in [1.807, 2.05) is 27.7 Å². The number of allylic oxidation sites excluding steroid dienone is 6. The number of rotatable bonds is 8. The lowest BCUT2D eigenvalue weighted by molar-refractivity contribution is 0.638. The first-order valence-corrected chi connectivity index (χ1v) is 11.9. The van der Waals surface area contributed by atoms with E-state index in [1.54, 1.807) is 6.92 Å². The Bertz CT molecular complexity index is 806. The molecule has 1 nitrogen and oxygen atoms in total. The molecular formula is C29H44FN. The molecule has 0 atom stereocenters. The van der Waals surface area contributed by atoms with Gasteiger partial charge in [0.05, 0.1) is 0 Å². The molecule has 1 aromatic rings. The molecule has 0 amide bonds. The van der Waals surface area contributed by atoms with E-state index in [0.717, 1.165) is 12.1 Å². The normalized spacial score (nSPS) is 13.8. The van der Waals surface area contributed by atoms with Gasteiger partial charge in [0.2, 0.25) is 0 Å². The molecule has 0 bridgehead atoms. The monoisotopic (exact) mass is 425 g/mol. The fraction of sp³-hybridized carbons (Fsp3) is 0.448. The molecule has 0 spiro atoms. The Labute approximate surface area is 191 Å². The number of hydrogen-bond acceptors (Lipinski definition) is 1. The van der Waals surface area contributed by atoms with Crippen LogP contribution >= 0.6 is 0 Å². The van der Waals surface area contributed by atoms with Crippen LogP contribution in [0.15, 0.2) is 66.2 Å². The van der Waals surface area contributed by atoms with Gasteiger partial charge in [-0.25, -0.2) is 4.39 Å². The van der Waals surface area contributed by atoms with E-state index < -0.39 is 0 Å². The SMILES string of the molecule is C=C(CNC(/C=C\C(=C/C)c1cc2c(cc1C)CCC2)=C\CC)/C(F)=C\C.CC.CC.